The summed E-state index contributed by atoms with van der Waals surface area (Å²) in [6.07, 6.45) is 0. The third-order valence-corrected chi connectivity index (χ3v) is 2.37. The fraction of sp³-hybridized carbons (Fsp3) is 0.0833. The highest BCUT2D eigenvalue weighted by Crippen LogP contribution is 2.21. The number of benzene rings is 1. The van der Waals surface area contributed by atoms with Gasteiger partial charge in [-0.1, -0.05) is 18.2 Å². The number of hydrogen-bond donors (Lipinski definition) is 3. The first-order valence-electron chi connectivity index (χ1n) is 5.01. The Morgan fingerprint density at radius 1 is 1.06 bits per heavy atom. The van der Waals surface area contributed by atoms with Crippen LogP contribution in [0.25, 0.3) is 0 Å². The summed E-state index contributed by atoms with van der Waals surface area (Å²) in [4.78, 5) is 4.15. The van der Waals surface area contributed by atoms with Gasteiger partial charge in [-0.2, -0.15) is 0 Å². The molecule has 1 heterocycles. The van der Waals surface area contributed by atoms with Crippen LogP contribution in [0.2, 0.25) is 0 Å². The van der Waals surface area contributed by atoms with Gasteiger partial charge in [-0.05, 0) is 30.7 Å². The summed E-state index contributed by atoms with van der Waals surface area (Å²) in [5.41, 5.74) is 13.9. The predicted octanol–water partition coefficient (Wildman–Crippen LogP) is 2.30. The zero-order chi connectivity index (χ0) is 11.5. The Kier molecular flexibility index (Phi) is 2.64. The van der Waals surface area contributed by atoms with Crippen LogP contribution < -0.4 is 16.8 Å². The SMILES string of the molecule is Cc1ccccc1Nc1ccc(N)c(N)n1. The molecular formula is C12H14N4. The average Bonchev–Trinajstić information content (AvgIpc) is 2.27. The maximum atomic E-state index is 5.64. The van der Waals surface area contributed by atoms with E-state index < -0.39 is 0 Å². The lowest BCUT2D eigenvalue weighted by Gasteiger charge is -2.09. The summed E-state index contributed by atoms with van der Waals surface area (Å²) in [6, 6.07) is 11.5. The van der Waals surface area contributed by atoms with Gasteiger partial charge in [-0.25, -0.2) is 4.98 Å². The van der Waals surface area contributed by atoms with Crippen LogP contribution in [0, 0.1) is 6.92 Å². The van der Waals surface area contributed by atoms with Gasteiger partial charge in [0.05, 0.1) is 5.69 Å². The van der Waals surface area contributed by atoms with Gasteiger partial charge in [-0.15, -0.1) is 0 Å². The Hall–Kier alpha value is -2.23. The van der Waals surface area contributed by atoms with E-state index in [1.807, 2.05) is 31.2 Å². The molecule has 1 aromatic heterocycles. The number of hydrogen-bond acceptors (Lipinski definition) is 4. The van der Waals surface area contributed by atoms with Crippen LogP contribution in [-0.2, 0) is 0 Å². The first-order valence-corrected chi connectivity index (χ1v) is 5.01. The van der Waals surface area contributed by atoms with Crippen molar-refractivity contribution in [3.63, 3.8) is 0 Å². The predicted molar refractivity (Wildman–Crippen MR) is 67.5 cm³/mol. The second-order valence-electron chi connectivity index (χ2n) is 3.61. The molecule has 5 N–H and O–H groups in total. The van der Waals surface area contributed by atoms with E-state index in [0.717, 1.165) is 11.3 Å². The Morgan fingerprint density at radius 3 is 2.50 bits per heavy atom. The second-order valence-corrected chi connectivity index (χ2v) is 3.61. The van der Waals surface area contributed by atoms with Crippen molar-refractivity contribution in [1.82, 2.24) is 4.98 Å². The molecule has 4 heteroatoms. The standard InChI is InChI=1S/C12H14N4/c1-8-4-2-3-5-10(8)15-11-7-6-9(13)12(14)16-11/h2-7H,13H2,1H3,(H3,14,15,16). The van der Waals surface area contributed by atoms with Crippen molar-refractivity contribution >= 4 is 23.0 Å². The fourth-order valence-corrected chi connectivity index (χ4v) is 1.41. The molecule has 0 bridgehead atoms. The molecule has 2 rings (SSSR count). The fourth-order valence-electron chi connectivity index (χ4n) is 1.41. The van der Waals surface area contributed by atoms with Crippen molar-refractivity contribution in [2.75, 3.05) is 16.8 Å². The molecule has 82 valence electrons. The number of aryl methyl sites for hydroxylation is 1. The number of nitrogen functional groups attached to an aromatic ring is 2. The van der Waals surface area contributed by atoms with E-state index in [1.54, 1.807) is 12.1 Å². The van der Waals surface area contributed by atoms with Crippen molar-refractivity contribution in [2.24, 2.45) is 0 Å². The number of para-hydroxylation sites is 1. The molecule has 0 atom stereocenters. The lowest BCUT2D eigenvalue weighted by Crippen LogP contribution is -2.01. The minimum Gasteiger partial charge on any atom is -0.396 e. The summed E-state index contributed by atoms with van der Waals surface area (Å²) >= 11 is 0. The van der Waals surface area contributed by atoms with E-state index in [9.17, 15) is 0 Å². The minimum absolute atomic E-state index is 0.346. The molecular weight excluding hydrogens is 200 g/mol. The number of nitrogens with one attached hydrogen (secondary N) is 1. The molecule has 16 heavy (non-hydrogen) atoms. The van der Waals surface area contributed by atoms with Crippen molar-refractivity contribution in [2.45, 2.75) is 6.92 Å². The largest absolute Gasteiger partial charge is 0.396 e. The van der Waals surface area contributed by atoms with Crippen molar-refractivity contribution < 1.29 is 0 Å². The first-order chi connectivity index (χ1) is 7.66. The molecule has 0 fully saturated rings. The summed E-state index contributed by atoms with van der Waals surface area (Å²) in [5, 5.41) is 3.19. The average molecular weight is 214 g/mol. The van der Waals surface area contributed by atoms with Gasteiger partial charge < -0.3 is 16.8 Å². The number of anilines is 4. The molecule has 0 aliphatic rings. The summed E-state index contributed by atoms with van der Waals surface area (Å²) in [7, 11) is 0. The van der Waals surface area contributed by atoms with Gasteiger partial charge >= 0.3 is 0 Å². The van der Waals surface area contributed by atoms with Crippen LogP contribution >= 0.6 is 0 Å². The Morgan fingerprint density at radius 2 is 1.81 bits per heavy atom. The van der Waals surface area contributed by atoms with Gasteiger partial charge in [0, 0.05) is 5.69 Å². The Labute approximate surface area is 94.3 Å². The van der Waals surface area contributed by atoms with E-state index in [2.05, 4.69) is 10.3 Å². The van der Waals surface area contributed by atoms with Crippen molar-refractivity contribution in [1.29, 1.82) is 0 Å². The zero-order valence-electron chi connectivity index (χ0n) is 9.07. The first kappa shape index (κ1) is 10.3. The molecule has 0 radical (unpaired) electrons. The van der Waals surface area contributed by atoms with Crippen LogP contribution in [0.4, 0.5) is 23.0 Å². The van der Waals surface area contributed by atoms with Gasteiger partial charge in [0.1, 0.15) is 11.6 Å². The van der Waals surface area contributed by atoms with Gasteiger partial charge in [0.15, 0.2) is 0 Å². The highest BCUT2D eigenvalue weighted by atomic mass is 15.0. The molecule has 0 saturated carbocycles. The van der Waals surface area contributed by atoms with Crippen LogP contribution in [0.3, 0.4) is 0 Å². The molecule has 4 nitrogen and oxygen atoms in total. The number of nitrogens with two attached hydrogens (primary N) is 2. The highest BCUT2D eigenvalue weighted by Gasteiger charge is 2.01. The molecule has 0 unspecified atom stereocenters. The van der Waals surface area contributed by atoms with Gasteiger partial charge in [0.25, 0.3) is 0 Å². The molecule has 2 aromatic rings. The summed E-state index contributed by atoms with van der Waals surface area (Å²) in [5.74, 6) is 1.04. The van der Waals surface area contributed by atoms with Crippen LogP contribution in [0.5, 0.6) is 0 Å². The molecule has 0 spiro atoms. The molecule has 0 saturated heterocycles. The smallest absolute Gasteiger partial charge is 0.149 e. The van der Waals surface area contributed by atoms with E-state index in [-0.39, 0.29) is 0 Å². The van der Waals surface area contributed by atoms with Crippen LogP contribution in [-0.4, -0.2) is 4.98 Å². The summed E-state index contributed by atoms with van der Waals surface area (Å²) in [6.45, 7) is 2.03. The lowest BCUT2D eigenvalue weighted by molar-refractivity contribution is 1.30. The van der Waals surface area contributed by atoms with Crippen LogP contribution in [0.1, 0.15) is 5.56 Å². The van der Waals surface area contributed by atoms with Crippen molar-refractivity contribution in [3.8, 4) is 0 Å². The zero-order valence-corrected chi connectivity index (χ0v) is 9.07. The van der Waals surface area contributed by atoms with E-state index >= 15 is 0 Å². The Bertz CT molecular complexity index is 508. The van der Waals surface area contributed by atoms with E-state index in [1.165, 1.54) is 0 Å². The highest BCUT2D eigenvalue weighted by molar-refractivity contribution is 5.66. The van der Waals surface area contributed by atoms with Gasteiger partial charge in [-0.3, -0.25) is 0 Å². The number of rotatable bonds is 2. The molecule has 0 aliphatic heterocycles. The number of nitrogens with zero attached hydrogens (tertiary/aromatic N) is 1. The molecule has 1 aromatic carbocycles. The monoisotopic (exact) mass is 214 g/mol. The van der Waals surface area contributed by atoms with E-state index in [4.69, 9.17) is 11.5 Å². The maximum Gasteiger partial charge on any atom is 0.149 e. The van der Waals surface area contributed by atoms with Gasteiger partial charge in [0.2, 0.25) is 0 Å². The second kappa shape index (κ2) is 4.10. The molecule has 0 amide bonds. The normalized spacial score (nSPS) is 10.1. The topological polar surface area (TPSA) is 77.0 Å². The van der Waals surface area contributed by atoms with Crippen LogP contribution in [0.15, 0.2) is 36.4 Å². The number of pyridine rings is 1. The van der Waals surface area contributed by atoms with Crippen molar-refractivity contribution in [3.05, 3.63) is 42.0 Å². The minimum atomic E-state index is 0.346. The van der Waals surface area contributed by atoms with E-state index in [0.29, 0.717) is 17.3 Å². The quantitative estimate of drug-likeness (QED) is 0.716. The maximum absolute atomic E-state index is 5.64. The Balaban J connectivity index is 2.28. The third-order valence-electron chi connectivity index (χ3n) is 2.37. The molecule has 0 aliphatic carbocycles. The lowest BCUT2D eigenvalue weighted by atomic mass is 10.2. The third kappa shape index (κ3) is 2.06. The summed E-state index contributed by atoms with van der Waals surface area (Å²) < 4.78 is 0. The number of aromatic nitrogens is 1.